The zero-order valence-electron chi connectivity index (χ0n) is 14.7. The van der Waals surface area contributed by atoms with Crippen molar-refractivity contribution in [1.29, 1.82) is 0 Å². The normalized spacial score (nSPS) is 10.6. The van der Waals surface area contributed by atoms with Crippen molar-refractivity contribution in [2.75, 3.05) is 10.7 Å². The van der Waals surface area contributed by atoms with Crippen LogP contribution in [-0.4, -0.2) is 5.75 Å². The molecule has 0 aliphatic rings. The fourth-order valence-corrected chi connectivity index (χ4v) is 3.36. The summed E-state index contributed by atoms with van der Waals surface area (Å²) >= 11 is 4.38. The zero-order valence-corrected chi connectivity index (χ0v) is 15.6. The van der Waals surface area contributed by atoms with Crippen molar-refractivity contribution in [2.45, 2.75) is 26.2 Å². The van der Waals surface area contributed by atoms with E-state index in [0.717, 1.165) is 18.6 Å². The van der Waals surface area contributed by atoms with Gasteiger partial charge in [-0.25, -0.2) is 0 Å². The molecule has 1 nitrogen and oxygen atoms in total. The van der Waals surface area contributed by atoms with E-state index in [-0.39, 0.29) is 0 Å². The van der Waals surface area contributed by atoms with Crippen LogP contribution in [0.4, 0.5) is 17.1 Å². The van der Waals surface area contributed by atoms with Gasteiger partial charge in [0.1, 0.15) is 0 Å². The fourth-order valence-electron chi connectivity index (χ4n) is 3.10. The Morgan fingerprint density at radius 2 is 1.36 bits per heavy atom. The Labute approximate surface area is 156 Å². The van der Waals surface area contributed by atoms with Crippen LogP contribution in [0.5, 0.6) is 0 Å². The van der Waals surface area contributed by atoms with E-state index < -0.39 is 0 Å². The van der Waals surface area contributed by atoms with Crippen LogP contribution in [0, 0.1) is 0 Å². The van der Waals surface area contributed by atoms with E-state index in [1.165, 1.54) is 34.6 Å². The minimum Gasteiger partial charge on any atom is -0.310 e. The highest BCUT2D eigenvalue weighted by molar-refractivity contribution is 7.80. The van der Waals surface area contributed by atoms with Crippen molar-refractivity contribution in [3.05, 3.63) is 90.0 Å². The van der Waals surface area contributed by atoms with Gasteiger partial charge in [0, 0.05) is 17.1 Å². The van der Waals surface area contributed by atoms with Gasteiger partial charge < -0.3 is 4.90 Å². The summed E-state index contributed by atoms with van der Waals surface area (Å²) < 4.78 is 0. The summed E-state index contributed by atoms with van der Waals surface area (Å²) in [6.07, 6.45) is 3.28. The molecule has 0 aromatic heterocycles. The molecule has 2 heteroatoms. The zero-order chi connectivity index (χ0) is 17.5. The number of benzene rings is 3. The van der Waals surface area contributed by atoms with Crippen LogP contribution in [0.3, 0.4) is 0 Å². The predicted octanol–water partition coefficient (Wildman–Crippen LogP) is 6.58. The van der Waals surface area contributed by atoms with Crippen molar-refractivity contribution in [1.82, 2.24) is 0 Å². The number of hydrogen-bond acceptors (Lipinski definition) is 2. The Kier molecular flexibility index (Phi) is 6.19. The molecule has 0 fully saturated rings. The molecule has 0 amide bonds. The maximum absolute atomic E-state index is 4.38. The average molecular weight is 348 g/mol. The number of nitrogens with zero attached hydrogens (tertiary/aromatic N) is 1. The van der Waals surface area contributed by atoms with Crippen LogP contribution >= 0.6 is 12.6 Å². The Morgan fingerprint density at radius 3 is 2.04 bits per heavy atom. The molecule has 0 N–H and O–H groups in total. The second kappa shape index (κ2) is 8.77. The lowest BCUT2D eigenvalue weighted by Crippen LogP contribution is -2.10. The molecule has 3 rings (SSSR count). The van der Waals surface area contributed by atoms with Crippen molar-refractivity contribution >= 4 is 29.7 Å². The molecule has 3 aromatic carbocycles. The van der Waals surface area contributed by atoms with E-state index in [0.29, 0.717) is 0 Å². The third-order valence-electron chi connectivity index (χ3n) is 4.32. The predicted molar refractivity (Wildman–Crippen MR) is 113 cm³/mol. The maximum atomic E-state index is 4.38. The van der Waals surface area contributed by atoms with E-state index in [9.17, 15) is 0 Å². The van der Waals surface area contributed by atoms with E-state index in [1.807, 2.05) is 0 Å². The van der Waals surface area contributed by atoms with Gasteiger partial charge in [-0.15, -0.1) is 0 Å². The number of hydrogen-bond donors (Lipinski definition) is 1. The largest absolute Gasteiger partial charge is 0.310 e. The molecule has 3 aromatic rings. The highest BCUT2D eigenvalue weighted by atomic mass is 32.1. The first-order valence-corrected chi connectivity index (χ1v) is 9.59. The number of thiol groups is 1. The summed E-state index contributed by atoms with van der Waals surface area (Å²) in [5.41, 5.74) is 6.26. The Bertz CT molecular complexity index is 781. The average Bonchev–Trinajstić information content (AvgIpc) is 2.65. The second-order valence-electron chi connectivity index (χ2n) is 6.23. The molecule has 25 heavy (non-hydrogen) atoms. The molecule has 0 unspecified atom stereocenters. The summed E-state index contributed by atoms with van der Waals surface area (Å²) in [4.78, 5) is 2.32. The molecule has 0 radical (unpaired) electrons. The van der Waals surface area contributed by atoms with Gasteiger partial charge >= 0.3 is 0 Å². The molecular weight excluding hydrogens is 322 g/mol. The molecule has 0 heterocycles. The minimum absolute atomic E-state index is 0.862. The van der Waals surface area contributed by atoms with Crippen LogP contribution in [-0.2, 0) is 12.8 Å². The number of aryl methyl sites for hydroxylation is 2. The minimum atomic E-state index is 0.862. The first-order valence-electron chi connectivity index (χ1n) is 8.95. The first-order chi connectivity index (χ1) is 12.3. The maximum Gasteiger partial charge on any atom is 0.0464 e. The highest BCUT2D eigenvalue weighted by Crippen LogP contribution is 2.34. The molecule has 0 saturated carbocycles. The van der Waals surface area contributed by atoms with E-state index in [1.54, 1.807) is 0 Å². The van der Waals surface area contributed by atoms with E-state index in [2.05, 4.69) is 103 Å². The lowest BCUT2D eigenvalue weighted by Gasteiger charge is -2.26. The molecule has 0 saturated heterocycles. The quantitative estimate of drug-likeness (QED) is 0.472. The van der Waals surface area contributed by atoms with Crippen molar-refractivity contribution < 1.29 is 0 Å². The van der Waals surface area contributed by atoms with Gasteiger partial charge in [0.2, 0.25) is 0 Å². The van der Waals surface area contributed by atoms with Crippen LogP contribution in [0.2, 0.25) is 0 Å². The standard InChI is InChI=1S/C23H25NS/c1-2-7-19-12-14-22(15-13-19)24(21-9-4-3-5-10-21)23-11-6-8-20(18-23)16-17-25/h3-6,8-15,18,25H,2,7,16-17H2,1H3. The Hall–Kier alpha value is -2.19. The number of anilines is 3. The Balaban J connectivity index is 2.02. The van der Waals surface area contributed by atoms with Gasteiger partial charge in [0.05, 0.1) is 0 Å². The lowest BCUT2D eigenvalue weighted by molar-refractivity contribution is 0.922. The monoisotopic (exact) mass is 347 g/mol. The Morgan fingerprint density at radius 1 is 0.680 bits per heavy atom. The smallest absolute Gasteiger partial charge is 0.0464 e. The number of para-hydroxylation sites is 1. The molecule has 0 spiro atoms. The van der Waals surface area contributed by atoms with Crippen LogP contribution in [0.15, 0.2) is 78.9 Å². The van der Waals surface area contributed by atoms with Crippen molar-refractivity contribution in [3.63, 3.8) is 0 Å². The molecule has 0 aliphatic heterocycles. The molecule has 0 aliphatic carbocycles. The lowest BCUT2D eigenvalue weighted by atomic mass is 10.1. The summed E-state index contributed by atoms with van der Waals surface area (Å²) in [6, 6.07) is 28.2. The van der Waals surface area contributed by atoms with Crippen LogP contribution < -0.4 is 4.90 Å². The van der Waals surface area contributed by atoms with Crippen LogP contribution in [0.25, 0.3) is 0 Å². The highest BCUT2D eigenvalue weighted by Gasteiger charge is 2.12. The third kappa shape index (κ3) is 4.46. The molecule has 0 bridgehead atoms. The van der Waals surface area contributed by atoms with Crippen LogP contribution in [0.1, 0.15) is 24.5 Å². The fraction of sp³-hybridized carbons (Fsp3) is 0.217. The van der Waals surface area contributed by atoms with Gasteiger partial charge in [0.25, 0.3) is 0 Å². The van der Waals surface area contributed by atoms with Crippen molar-refractivity contribution in [3.8, 4) is 0 Å². The summed E-state index contributed by atoms with van der Waals surface area (Å²) in [6.45, 7) is 2.22. The molecular formula is C23H25NS. The van der Waals surface area contributed by atoms with Gasteiger partial charge in [-0.05, 0) is 66.1 Å². The van der Waals surface area contributed by atoms with Gasteiger partial charge in [-0.2, -0.15) is 12.6 Å². The molecule has 0 atom stereocenters. The van der Waals surface area contributed by atoms with Gasteiger partial charge in [-0.1, -0.05) is 55.8 Å². The van der Waals surface area contributed by atoms with Crippen molar-refractivity contribution in [2.24, 2.45) is 0 Å². The van der Waals surface area contributed by atoms with E-state index in [4.69, 9.17) is 0 Å². The number of rotatable bonds is 7. The third-order valence-corrected chi connectivity index (χ3v) is 4.54. The van der Waals surface area contributed by atoms with Gasteiger partial charge in [-0.3, -0.25) is 0 Å². The summed E-state index contributed by atoms with van der Waals surface area (Å²) in [5, 5.41) is 0. The SMILES string of the molecule is CCCc1ccc(N(c2ccccc2)c2cccc(CCS)c2)cc1. The topological polar surface area (TPSA) is 3.24 Å². The molecule has 128 valence electrons. The first kappa shape index (κ1) is 17.6. The summed E-state index contributed by atoms with van der Waals surface area (Å²) in [5.74, 6) is 0.862. The summed E-state index contributed by atoms with van der Waals surface area (Å²) in [7, 11) is 0. The van der Waals surface area contributed by atoms with Gasteiger partial charge in [0.15, 0.2) is 0 Å². The van der Waals surface area contributed by atoms with E-state index >= 15 is 0 Å². The second-order valence-corrected chi connectivity index (χ2v) is 6.68.